The molecule has 0 saturated heterocycles. The molecule has 1 fully saturated rings. The van der Waals surface area contributed by atoms with Gasteiger partial charge in [0, 0.05) is 30.7 Å². The maximum absolute atomic E-state index is 9.42. The highest BCUT2D eigenvalue weighted by Crippen LogP contribution is 2.57. The van der Waals surface area contributed by atoms with Crippen molar-refractivity contribution in [3.05, 3.63) is 91.5 Å². The summed E-state index contributed by atoms with van der Waals surface area (Å²) in [5.74, 6) is 1.27. The van der Waals surface area contributed by atoms with Crippen LogP contribution in [0, 0.1) is 30.8 Å². The molecule has 3 nitrogen and oxygen atoms in total. The van der Waals surface area contributed by atoms with Gasteiger partial charge in [0.15, 0.2) is 0 Å². The summed E-state index contributed by atoms with van der Waals surface area (Å²) in [5.41, 5.74) is 1.34. The Hall–Kier alpha value is -1.25. The van der Waals surface area contributed by atoms with Crippen LogP contribution in [0.1, 0.15) is 6.92 Å². The molecule has 2 N–H and O–H groups in total. The number of benzene rings is 2. The summed E-state index contributed by atoms with van der Waals surface area (Å²) in [4.78, 5) is 2.14. The minimum absolute atomic E-state index is 0.0898. The monoisotopic (exact) mass is 380 g/mol. The summed E-state index contributed by atoms with van der Waals surface area (Å²) in [5, 5.41) is 21.5. The fraction of sp³-hybridized carbons (Fsp3) is 0.261. The Kier molecular flexibility index (Phi) is 7.84. The molecule has 1 saturated carbocycles. The lowest BCUT2D eigenvalue weighted by Gasteiger charge is -2.37. The molecular formula is C23H27NO2P. The predicted octanol–water partition coefficient (Wildman–Crippen LogP) is 2.53. The van der Waals surface area contributed by atoms with E-state index in [9.17, 15) is 10.2 Å². The molecule has 0 heterocycles. The van der Waals surface area contributed by atoms with E-state index in [1.165, 1.54) is 22.2 Å². The SMILES string of the molecule is C[C@H]([C]1[CH][CH][CH][C]1P(c1ccccc1)c1ccccc1)N(CCO)CCO. The van der Waals surface area contributed by atoms with Gasteiger partial charge in [0.25, 0.3) is 0 Å². The molecule has 2 aromatic rings. The smallest absolute Gasteiger partial charge is 0.0558 e. The van der Waals surface area contributed by atoms with Crippen LogP contribution in [0.2, 0.25) is 0 Å². The minimum Gasteiger partial charge on any atom is -0.395 e. The first kappa shape index (κ1) is 20.5. The van der Waals surface area contributed by atoms with Crippen molar-refractivity contribution in [2.45, 2.75) is 13.0 Å². The van der Waals surface area contributed by atoms with Gasteiger partial charge in [-0.3, -0.25) is 4.90 Å². The second-order valence-corrected chi connectivity index (χ2v) is 8.72. The molecule has 0 bridgehead atoms. The molecule has 0 unspecified atom stereocenters. The third kappa shape index (κ3) is 4.97. The van der Waals surface area contributed by atoms with Crippen molar-refractivity contribution in [3.8, 4) is 0 Å². The van der Waals surface area contributed by atoms with Crippen LogP contribution < -0.4 is 10.6 Å². The molecule has 141 valence electrons. The first-order valence-corrected chi connectivity index (χ1v) is 10.7. The van der Waals surface area contributed by atoms with Gasteiger partial charge in [-0.1, -0.05) is 60.7 Å². The van der Waals surface area contributed by atoms with Crippen LogP contribution >= 0.6 is 7.92 Å². The Morgan fingerprint density at radius 3 is 1.81 bits per heavy atom. The molecule has 1 aliphatic carbocycles. The van der Waals surface area contributed by atoms with E-state index in [0.717, 1.165) is 0 Å². The lowest BCUT2D eigenvalue weighted by molar-refractivity contribution is 0.135. The van der Waals surface area contributed by atoms with E-state index in [1.54, 1.807) is 0 Å². The van der Waals surface area contributed by atoms with E-state index in [0.29, 0.717) is 13.1 Å². The van der Waals surface area contributed by atoms with Crippen LogP contribution in [0.3, 0.4) is 0 Å². The molecule has 1 aliphatic rings. The zero-order valence-electron chi connectivity index (χ0n) is 15.7. The van der Waals surface area contributed by atoms with Crippen LogP contribution in [0.4, 0.5) is 0 Å². The van der Waals surface area contributed by atoms with Crippen molar-refractivity contribution >= 4 is 18.5 Å². The highest BCUT2D eigenvalue weighted by atomic mass is 31.1. The number of rotatable bonds is 9. The predicted molar refractivity (Wildman–Crippen MR) is 114 cm³/mol. The van der Waals surface area contributed by atoms with Crippen molar-refractivity contribution in [2.75, 3.05) is 26.3 Å². The van der Waals surface area contributed by atoms with Gasteiger partial charge in [-0.2, -0.15) is 0 Å². The first-order valence-electron chi connectivity index (χ1n) is 9.38. The summed E-state index contributed by atoms with van der Waals surface area (Å²) >= 11 is 0. The zero-order chi connectivity index (χ0) is 19.1. The lowest BCUT2D eigenvalue weighted by Crippen LogP contribution is -2.42. The largest absolute Gasteiger partial charge is 0.395 e. The number of hydrogen-bond acceptors (Lipinski definition) is 3. The number of nitrogens with zero attached hydrogens (tertiary/aromatic N) is 1. The average molecular weight is 380 g/mol. The molecule has 4 heteroatoms. The van der Waals surface area contributed by atoms with E-state index >= 15 is 0 Å². The molecule has 5 radical (unpaired) electrons. The van der Waals surface area contributed by atoms with Gasteiger partial charge in [-0.25, -0.2) is 0 Å². The first-order chi connectivity index (χ1) is 13.3. The second kappa shape index (κ2) is 10.3. The zero-order valence-corrected chi connectivity index (χ0v) is 16.6. The number of aliphatic hydroxyl groups is 2. The fourth-order valence-electron chi connectivity index (χ4n) is 3.52. The van der Waals surface area contributed by atoms with Crippen LogP contribution in [-0.4, -0.2) is 47.5 Å². The summed E-state index contributed by atoms with van der Waals surface area (Å²) in [6.45, 7) is 3.45. The molecule has 1 atom stereocenters. The van der Waals surface area contributed by atoms with Crippen LogP contribution in [-0.2, 0) is 0 Å². The lowest BCUT2D eigenvalue weighted by atomic mass is 9.97. The topological polar surface area (TPSA) is 43.7 Å². The molecule has 3 rings (SSSR count). The summed E-state index contributed by atoms with van der Waals surface area (Å²) < 4.78 is 0. The Bertz CT molecular complexity index is 621. The second-order valence-electron chi connectivity index (χ2n) is 6.53. The van der Waals surface area contributed by atoms with Gasteiger partial charge in [-0.05, 0) is 44.7 Å². The van der Waals surface area contributed by atoms with Gasteiger partial charge in [0.2, 0.25) is 0 Å². The standard InChI is InChI=1S/C23H27NO2P/c1-19(24(15-17-25)16-18-26)22-13-8-14-23(22)27(20-9-4-2-5-10-20)21-11-6-3-7-12-21/h2-14,19,25-26H,15-18H2,1H3/t19-/m1/s1. The maximum Gasteiger partial charge on any atom is 0.0558 e. The minimum atomic E-state index is -0.657. The number of hydrogen-bond donors (Lipinski definition) is 2. The highest BCUT2D eigenvalue weighted by Gasteiger charge is 2.41. The quantitative estimate of drug-likeness (QED) is 0.657. The Morgan fingerprint density at radius 1 is 0.815 bits per heavy atom. The van der Waals surface area contributed by atoms with Crippen molar-refractivity contribution < 1.29 is 10.2 Å². The van der Waals surface area contributed by atoms with E-state index in [4.69, 9.17) is 0 Å². The molecule has 0 aromatic heterocycles. The fourth-order valence-corrected chi connectivity index (χ4v) is 6.07. The summed E-state index contributed by atoms with van der Waals surface area (Å²) in [6.07, 6.45) is 6.54. The van der Waals surface area contributed by atoms with Crippen LogP contribution in [0.25, 0.3) is 0 Å². The Balaban J connectivity index is 1.91. The van der Waals surface area contributed by atoms with E-state index in [2.05, 4.69) is 91.7 Å². The van der Waals surface area contributed by atoms with E-state index < -0.39 is 7.92 Å². The van der Waals surface area contributed by atoms with Gasteiger partial charge in [0.05, 0.1) is 13.2 Å². The van der Waals surface area contributed by atoms with E-state index in [-0.39, 0.29) is 19.3 Å². The van der Waals surface area contributed by atoms with Gasteiger partial charge in [-0.15, -0.1) is 0 Å². The molecule has 0 amide bonds. The average Bonchev–Trinajstić information content (AvgIpc) is 3.18. The Morgan fingerprint density at radius 2 is 1.33 bits per heavy atom. The highest BCUT2D eigenvalue weighted by molar-refractivity contribution is 7.76. The van der Waals surface area contributed by atoms with Gasteiger partial charge >= 0.3 is 0 Å². The van der Waals surface area contributed by atoms with E-state index in [1.807, 2.05) is 0 Å². The van der Waals surface area contributed by atoms with Gasteiger partial charge < -0.3 is 10.2 Å². The third-order valence-electron chi connectivity index (χ3n) is 4.87. The van der Waals surface area contributed by atoms with Crippen molar-refractivity contribution in [1.29, 1.82) is 0 Å². The van der Waals surface area contributed by atoms with Crippen molar-refractivity contribution in [2.24, 2.45) is 0 Å². The molecule has 0 spiro atoms. The molecular weight excluding hydrogens is 353 g/mol. The maximum atomic E-state index is 9.42. The third-order valence-corrected chi connectivity index (χ3v) is 7.39. The summed E-state index contributed by atoms with van der Waals surface area (Å²) in [6, 6.07) is 21.5. The normalized spacial score (nSPS) is 17.1. The number of aliphatic hydroxyl groups excluding tert-OH is 2. The van der Waals surface area contributed by atoms with Gasteiger partial charge in [0.1, 0.15) is 0 Å². The van der Waals surface area contributed by atoms with Crippen LogP contribution in [0.15, 0.2) is 60.7 Å². The summed E-state index contributed by atoms with van der Waals surface area (Å²) in [7, 11) is -0.657. The molecule has 0 aliphatic heterocycles. The Labute approximate surface area is 164 Å². The van der Waals surface area contributed by atoms with Crippen molar-refractivity contribution in [1.82, 2.24) is 4.90 Å². The molecule has 2 aromatic carbocycles. The molecule has 27 heavy (non-hydrogen) atoms. The van der Waals surface area contributed by atoms with Crippen LogP contribution in [0.5, 0.6) is 0 Å². The van der Waals surface area contributed by atoms with Crippen molar-refractivity contribution in [3.63, 3.8) is 0 Å².